The molecular weight excluding hydrogens is 327 g/mol. The van der Waals surface area contributed by atoms with Crippen LogP contribution < -0.4 is 0 Å². The first-order valence-corrected chi connectivity index (χ1v) is 7.73. The molecule has 0 saturated carbocycles. The standard InChI is InChI=1S/C15H14BrFOS/c16-12-5-3-6-14(9-12)19-10-13(18)8-11-4-1-2-7-15(11)17/h1-7,9,13,18H,8,10H2. The number of aliphatic hydroxyl groups is 1. The van der Waals surface area contributed by atoms with E-state index in [1.165, 1.54) is 6.07 Å². The molecule has 0 bridgehead atoms. The predicted molar refractivity (Wildman–Crippen MR) is 81.0 cm³/mol. The Hall–Kier alpha value is -0.840. The Morgan fingerprint density at radius 1 is 1.16 bits per heavy atom. The highest BCUT2D eigenvalue weighted by molar-refractivity contribution is 9.10. The largest absolute Gasteiger partial charge is 0.392 e. The van der Waals surface area contributed by atoms with E-state index >= 15 is 0 Å². The summed E-state index contributed by atoms with van der Waals surface area (Å²) in [4.78, 5) is 1.09. The maximum Gasteiger partial charge on any atom is 0.126 e. The lowest BCUT2D eigenvalue weighted by atomic mass is 10.1. The summed E-state index contributed by atoms with van der Waals surface area (Å²) in [5.74, 6) is 0.291. The van der Waals surface area contributed by atoms with Crippen LogP contribution in [0.2, 0.25) is 0 Å². The third kappa shape index (κ3) is 4.64. The van der Waals surface area contributed by atoms with Gasteiger partial charge in [0.15, 0.2) is 0 Å². The summed E-state index contributed by atoms with van der Waals surface area (Å²) in [6, 6.07) is 14.5. The van der Waals surface area contributed by atoms with Crippen molar-refractivity contribution in [1.29, 1.82) is 0 Å². The van der Waals surface area contributed by atoms with Crippen molar-refractivity contribution in [2.75, 3.05) is 5.75 Å². The van der Waals surface area contributed by atoms with E-state index in [4.69, 9.17) is 0 Å². The minimum Gasteiger partial charge on any atom is -0.392 e. The first-order chi connectivity index (χ1) is 9.15. The Morgan fingerprint density at radius 2 is 1.95 bits per heavy atom. The molecule has 0 aliphatic carbocycles. The molecule has 2 rings (SSSR count). The van der Waals surface area contributed by atoms with Gasteiger partial charge in [0, 0.05) is 21.5 Å². The summed E-state index contributed by atoms with van der Waals surface area (Å²) in [6.07, 6.45) is -0.214. The highest BCUT2D eigenvalue weighted by atomic mass is 79.9. The van der Waals surface area contributed by atoms with Gasteiger partial charge in [0.25, 0.3) is 0 Å². The summed E-state index contributed by atoms with van der Waals surface area (Å²) in [6.45, 7) is 0. The number of halogens is 2. The SMILES string of the molecule is OC(CSc1cccc(Br)c1)Cc1ccccc1F. The van der Waals surface area contributed by atoms with Gasteiger partial charge in [-0.1, -0.05) is 40.2 Å². The zero-order valence-electron chi connectivity index (χ0n) is 10.2. The molecule has 0 saturated heterocycles. The van der Waals surface area contributed by atoms with E-state index in [1.54, 1.807) is 30.0 Å². The smallest absolute Gasteiger partial charge is 0.126 e. The van der Waals surface area contributed by atoms with Crippen LogP contribution in [0, 0.1) is 5.82 Å². The summed E-state index contributed by atoms with van der Waals surface area (Å²) in [5.41, 5.74) is 0.560. The topological polar surface area (TPSA) is 20.2 Å². The van der Waals surface area contributed by atoms with Crippen LogP contribution in [0.3, 0.4) is 0 Å². The van der Waals surface area contributed by atoms with E-state index in [0.717, 1.165) is 9.37 Å². The summed E-state index contributed by atoms with van der Waals surface area (Å²) in [5, 5.41) is 9.96. The molecule has 0 fully saturated rings. The summed E-state index contributed by atoms with van der Waals surface area (Å²) in [7, 11) is 0. The van der Waals surface area contributed by atoms with Crippen molar-refractivity contribution in [3.8, 4) is 0 Å². The molecule has 1 nitrogen and oxygen atoms in total. The third-order valence-electron chi connectivity index (χ3n) is 2.65. The molecule has 4 heteroatoms. The fourth-order valence-electron chi connectivity index (χ4n) is 1.73. The molecule has 1 N–H and O–H groups in total. The maximum atomic E-state index is 13.4. The molecule has 1 unspecified atom stereocenters. The monoisotopic (exact) mass is 340 g/mol. The van der Waals surface area contributed by atoms with E-state index < -0.39 is 6.10 Å². The molecule has 2 aromatic carbocycles. The first kappa shape index (κ1) is 14.6. The Labute approximate surface area is 125 Å². The van der Waals surface area contributed by atoms with Gasteiger partial charge in [-0.05, 0) is 29.8 Å². The molecule has 0 aromatic heterocycles. The number of hydrogen-bond donors (Lipinski definition) is 1. The van der Waals surface area contributed by atoms with Gasteiger partial charge in [-0.3, -0.25) is 0 Å². The van der Waals surface area contributed by atoms with Crippen LogP contribution in [0.15, 0.2) is 57.9 Å². The van der Waals surface area contributed by atoms with E-state index in [-0.39, 0.29) is 5.82 Å². The first-order valence-electron chi connectivity index (χ1n) is 5.95. The highest BCUT2D eigenvalue weighted by Crippen LogP contribution is 2.23. The lowest BCUT2D eigenvalue weighted by Gasteiger charge is -2.11. The van der Waals surface area contributed by atoms with Crippen molar-refractivity contribution in [2.24, 2.45) is 0 Å². The Balaban J connectivity index is 1.88. The molecule has 0 aliphatic heterocycles. The Kier molecular flexibility index (Phi) is 5.43. The van der Waals surface area contributed by atoms with Gasteiger partial charge >= 0.3 is 0 Å². The van der Waals surface area contributed by atoms with Gasteiger partial charge in [0.1, 0.15) is 5.82 Å². The van der Waals surface area contributed by atoms with Crippen molar-refractivity contribution in [3.63, 3.8) is 0 Å². The molecule has 0 aliphatic rings. The van der Waals surface area contributed by atoms with Crippen molar-refractivity contribution < 1.29 is 9.50 Å². The second-order valence-electron chi connectivity index (χ2n) is 4.22. The summed E-state index contributed by atoms with van der Waals surface area (Å²) < 4.78 is 14.5. The normalized spacial score (nSPS) is 12.4. The van der Waals surface area contributed by atoms with Crippen molar-refractivity contribution in [3.05, 3.63) is 64.4 Å². The van der Waals surface area contributed by atoms with E-state index in [0.29, 0.717) is 17.7 Å². The number of aliphatic hydroxyl groups excluding tert-OH is 1. The van der Waals surface area contributed by atoms with Crippen LogP contribution in [0.25, 0.3) is 0 Å². The second kappa shape index (κ2) is 7.08. The van der Waals surface area contributed by atoms with Crippen molar-refractivity contribution >= 4 is 27.7 Å². The highest BCUT2D eigenvalue weighted by Gasteiger charge is 2.09. The van der Waals surface area contributed by atoms with Gasteiger partial charge in [-0.25, -0.2) is 4.39 Å². The lowest BCUT2D eigenvalue weighted by molar-refractivity contribution is 0.198. The molecule has 19 heavy (non-hydrogen) atoms. The minimum atomic E-state index is -0.555. The van der Waals surface area contributed by atoms with Crippen LogP contribution in [0.1, 0.15) is 5.56 Å². The average molecular weight is 341 g/mol. The Morgan fingerprint density at radius 3 is 2.68 bits per heavy atom. The fourth-order valence-corrected chi connectivity index (χ4v) is 3.16. The summed E-state index contributed by atoms with van der Waals surface area (Å²) >= 11 is 4.97. The average Bonchev–Trinajstić information content (AvgIpc) is 2.39. The second-order valence-corrected chi connectivity index (χ2v) is 6.23. The van der Waals surface area contributed by atoms with E-state index in [9.17, 15) is 9.50 Å². The van der Waals surface area contributed by atoms with Crippen LogP contribution in [-0.2, 0) is 6.42 Å². The van der Waals surface area contributed by atoms with Gasteiger partial charge in [-0.15, -0.1) is 11.8 Å². The molecule has 2 aromatic rings. The molecular formula is C15H14BrFOS. The van der Waals surface area contributed by atoms with E-state index in [1.807, 2.05) is 24.3 Å². The lowest BCUT2D eigenvalue weighted by Crippen LogP contribution is -2.14. The molecule has 100 valence electrons. The number of rotatable bonds is 5. The fraction of sp³-hybridized carbons (Fsp3) is 0.200. The van der Waals surface area contributed by atoms with Crippen LogP contribution in [0.5, 0.6) is 0 Å². The quantitative estimate of drug-likeness (QED) is 0.819. The number of thioether (sulfide) groups is 1. The van der Waals surface area contributed by atoms with Gasteiger partial charge in [0.2, 0.25) is 0 Å². The minimum absolute atomic E-state index is 0.256. The zero-order valence-corrected chi connectivity index (χ0v) is 12.6. The third-order valence-corrected chi connectivity index (χ3v) is 4.28. The molecule has 1 atom stereocenters. The molecule has 0 spiro atoms. The molecule has 0 radical (unpaired) electrons. The van der Waals surface area contributed by atoms with Gasteiger partial charge < -0.3 is 5.11 Å². The van der Waals surface area contributed by atoms with Crippen LogP contribution >= 0.6 is 27.7 Å². The van der Waals surface area contributed by atoms with Crippen molar-refractivity contribution in [1.82, 2.24) is 0 Å². The Bertz CT molecular complexity index is 547. The van der Waals surface area contributed by atoms with E-state index in [2.05, 4.69) is 15.9 Å². The van der Waals surface area contributed by atoms with Crippen LogP contribution in [0.4, 0.5) is 4.39 Å². The predicted octanol–water partition coefficient (Wildman–Crippen LogP) is 4.28. The van der Waals surface area contributed by atoms with Gasteiger partial charge in [-0.2, -0.15) is 0 Å². The number of hydrogen-bond acceptors (Lipinski definition) is 2. The molecule has 0 heterocycles. The van der Waals surface area contributed by atoms with Crippen LogP contribution in [-0.4, -0.2) is 17.0 Å². The maximum absolute atomic E-state index is 13.4. The molecule has 0 amide bonds. The zero-order chi connectivity index (χ0) is 13.7. The number of benzene rings is 2. The van der Waals surface area contributed by atoms with Crippen molar-refractivity contribution in [2.45, 2.75) is 17.4 Å². The van der Waals surface area contributed by atoms with Gasteiger partial charge in [0.05, 0.1) is 6.10 Å².